The Morgan fingerprint density at radius 3 is 2.30 bits per heavy atom. The first-order valence-electron chi connectivity index (χ1n) is 10.1. The van der Waals surface area contributed by atoms with E-state index in [9.17, 15) is 9.59 Å². The Balaban J connectivity index is 1.47. The highest BCUT2D eigenvalue weighted by molar-refractivity contribution is 7.99. The van der Waals surface area contributed by atoms with Crippen LogP contribution in [-0.2, 0) is 4.79 Å². The zero-order chi connectivity index (χ0) is 23.2. The highest BCUT2D eigenvalue weighted by atomic mass is 35.5. The molecule has 3 aromatic carbocycles. The van der Waals surface area contributed by atoms with Gasteiger partial charge in [-0.2, -0.15) is 0 Å². The summed E-state index contributed by atoms with van der Waals surface area (Å²) in [6.07, 6.45) is 0. The topological polar surface area (TPSA) is 88.9 Å². The minimum absolute atomic E-state index is 0.0414. The number of carbonyl (C=O) groups excluding carboxylic acids is 2. The Morgan fingerprint density at radius 1 is 0.909 bits per heavy atom. The SMILES string of the molecule is Cc1ccc(-n2c(SCC(=O)NNC(=O)c3ccc(Cl)cc3)nnc2-c2ccccc2)cc1. The van der Waals surface area contributed by atoms with Gasteiger partial charge in [0, 0.05) is 21.8 Å². The van der Waals surface area contributed by atoms with Crippen molar-refractivity contribution in [1.82, 2.24) is 25.6 Å². The van der Waals surface area contributed by atoms with E-state index in [4.69, 9.17) is 11.6 Å². The number of nitrogens with zero attached hydrogens (tertiary/aromatic N) is 3. The van der Waals surface area contributed by atoms with E-state index in [0.29, 0.717) is 21.6 Å². The van der Waals surface area contributed by atoms with Crippen LogP contribution in [0.2, 0.25) is 5.02 Å². The highest BCUT2D eigenvalue weighted by Gasteiger charge is 2.17. The molecule has 0 aliphatic heterocycles. The summed E-state index contributed by atoms with van der Waals surface area (Å²) < 4.78 is 1.92. The summed E-state index contributed by atoms with van der Waals surface area (Å²) in [5, 5.41) is 9.77. The first-order valence-corrected chi connectivity index (χ1v) is 11.4. The molecule has 0 saturated carbocycles. The van der Waals surface area contributed by atoms with Gasteiger partial charge >= 0.3 is 0 Å². The first-order chi connectivity index (χ1) is 16.0. The van der Waals surface area contributed by atoms with Gasteiger partial charge in [0.15, 0.2) is 11.0 Å². The van der Waals surface area contributed by atoms with Crippen LogP contribution >= 0.6 is 23.4 Å². The average Bonchev–Trinajstić information content (AvgIpc) is 3.26. The summed E-state index contributed by atoms with van der Waals surface area (Å²) in [5.41, 5.74) is 8.15. The van der Waals surface area contributed by atoms with E-state index in [0.717, 1.165) is 16.8 Å². The molecular weight excluding hydrogens is 458 g/mol. The van der Waals surface area contributed by atoms with Crippen molar-refractivity contribution in [2.75, 3.05) is 5.75 Å². The van der Waals surface area contributed by atoms with E-state index in [1.54, 1.807) is 24.3 Å². The van der Waals surface area contributed by atoms with Crippen LogP contribution in [0.5, 0.6) is 0 Å². The molecule has 7 nitrogen and oxygen atoms in total. The Bertz CT molecular complexity index is 1260. The van der Waals surface area contributed by atoms with Crippen molar-refractivity contribution in [3.63, 3.8) is 0 Å². The standard InChI is InChI=1S/C24H20ClN5O2S/c1-16-7-13-20(14-8-16)30-22(17-5-3-2-4-6-17)27-29-24(30)33-15-21(31)26-28-23(32)18-9-11-19(25)12-10-18/h2-14H,15H2,1H3,(H,26,31)(H,28,32). The van der Waals surface area contributed by atoms with Crippen LogP contribution in [0.1, 0.15) is 15.9 Å². The zero-order valence-electron chi connectivity index (χ0n) is 17.7. The number of amides is 2. The summed E-state index contributed by atoms with van der Waals surface area (Å²) in [4.78, 5) is 24.5. The number of hydrazine groups is 1. The second kappa shape index (κ2) is 10.3. The summed E-state index contributed by atoms with van der Waals surface area (Å²) in [6.45, 7) is 2.02. The number of rotatable bonds is 6. The van der Waals surface area contributed by atoms with Gasteiger partial charge in [0.2, 0.25) is 5.91 Å². The molecule has 0 spiro atoms. The van der Waals surface area contributed by atoms with E-state index in [2.05, 4.69) is 21.0 Å². The molecule has 33 heavy (non-hydrogen) atoms. The Kier molecular flexibility index (Phi) is 7.07. The molecule has 0 saturated heterocycles. The predicted molar refractivity (Wildman–Crippen MR) is 129 cm³/mol. The summed E-state index contributed by atoms with van der Waals surface area (Å²) in [5.74, 6) is -0.0840. The third-order valence-electron chi connectivity index (χ3n) is 4.71. The van der Waals surface area contributed by atoms with Crippen molar-refractivity contribution in [2.24, 2.45) is 0 Å². The molecule has 4 rings (SSSR count). The molecule has 0 unspecified atom stereocenters. The van der Waals surface area contributed by atoms with Crippen LogP contribution < -0.4 is 10.9 Å². The minimum atomic E-state index is -0.431. The van der Waals surface area contributed by atoms with E-state index < -0.39 is 5.91 Å². The third-order valence-corrected chi connectivity index (χ3v) is 5.89. The first kappa shape index (κ1) is 22.6. The van der Waals surface area contributed by atoms with Gasteiger partial charge in [-0.3, -0.25) is 25.0 Å². The molecule has 0 atom stereocenters. The lowest BCUT2D eigenvalue weighted by atomic mass is 10.2. The van der Waals surface area contributed by atoms with Crippen LogP contribution in [0.3, 0.4) is 0 Å². The van der Waals surface area contributed by atoms with E-state index in [-0.39, 0.29) is 11.7 Å². The number of hydrogen-bond acceptors (Lipinski definition) is 5. The van der Waals surface area contributed by atoms with Crippen LogP contribution in [0.4, 0.5) is 0 Å². The fourth-order valence-electron chi connectivity index (χ4n) is 3.03. The fourth-order valence-corrected chi connectivity index (χ4v) is 3.91. The fraction of sp³-hybridized carbons (Fsp3) is 0.0833. The summed E-state index contributed by atoms with van der Waals surface area (Å²) >= 11 is 7.06. The number of hydrogen-bond donors (Lipinski definition) is 2. The lowest BCUT2D eigenvalue weighted by molar-refractivity contribution is -0.119. The van der Waals surface area contributed by atoms with Gasteiger partial charge in [0.05, 0.1) is 5.75 Å². The van der Waals surface area contributed by atoms with Gasteiger partial charge in [-0.1, -0.05) is 71.4 Å². The van der Waals surface area contributed by atoms with E-state index >= 15 is 0 Å². The Hall–Kier alpha value is -3.62. The molecule has 4 aromatic rings. The van der Waals surface area contributed by atoms with Crippen LogP contribution in [0.15, 0.2) is 84.0 Å². The van der Waals surface area contributed by atoms with Crippen LogP contribution in [0.25, 0.3) is 17.1 Å². The van der Waals surface area contributed by atoms with Crippen molar-refractivity contribution in [3.05, 3.63) is 95.0 Å². The maximum Gasteiger partial charge on any atom is 0.269 e. The quantitative estimate of drug-likeness (QED) is 0.316. The molecule has 9 heteroatoms. The van der Waals surface area contributed by atoms with Crippen molar-refractivity contribution in [1.29, 1.82) is 0 Å². The van der Waals surface area contributed by atoms with Crippen LogP contribution in [-0.4, -0.2) is 32.3 Å². The number of nitrogens with one attached hydrogen (secondary N) is 2. The van der Waals surface area contributed by atoms with Gasteiger partial charge in [-0.25, -0.2) is 0 Å². The monoisotopic (exact) mass is 477 g/mol. The van der Waals surface area contributed by atoms with Gasteiger partial charge < -0.3 is 0 Å². The lowest BCUT2D eigenvalue weighted by Crippen LogP contribution is -2.42. The zero-order valence-corrected chi connectivity index (χ0v) is 19.2. The van der Waals surface area contributed by atoms with Gasteiger partial charge in [0.1, 0.15) is 0 Å². The maximum atomic E-state index is 12.4. The van der Waals surface area contributed by atoms with Crippen LogP contribution in [0, 0.1) is 6.92 Å². The molecule has 0 bridgehead atoms. The number of aromatic nitrogens is 3. The number of halogens is 1. The number of thioether (sulfide) groups is 1. The Morgan fingerprint density at radius 2 is 1.61 bits per heavy atom. The molecule has 0 radical (unpaired) electrons. The maximum absolute atomic E-state index is 12.4. The molecule has 2 N–H and O–H groups in total. The molecule has 166 valence electrons. The molecule has 1 heterocycles. The highest BCUT2D eigenvalue weighted by Crippen LogP contribution is 2.28. The number of carbonyl (C=O) groups is 2. The van der Waals surface area contributed by atoms with Crippen molar-refractivity contribution in [2.45, 2.75) is 12.1 Å². The number of aryl methyl sites for hydroxylation is 1. The molecular formula is C24H20ClN5O2S. The number of benzene rings is 3. The second-order valence-electron chi connectivity index (χ2n) is 7.14. The minimum Gasteiger partial charge on any atom is -0.272 e. The largest absolute Gasteiger partial charge is 0.272 e. The van der Waals surface area contributed by atoms with Gasteiger partial charge in [-0.05, 0) is 43.3 Å². The molecule has 2 amide bonds. The predicted octanol–water partition coefficient (Wildman–Crippen LogP) is 4.45. The smallest absolute Gasteiger partial charge is 0.269 e. The summed E-state index contributed by atoms with van der Waals surface area (Å²) in [7, 11) is 0. The summed E-state index contributed by atoms with van der Waals surface area (Å²) in [6, 6.07) is 24.1. The molecule has 1 aromatic heterocycles. The van der Waals surface area contributed by atoms with Crippen molar-refractivity contribution >= 4 is 35.2 Å². The average molecular weight is 478 g/mol. The molecule has 0 aliphatic rings. The lowest BCUT2D eigenvalue weighted by Gasteiger charge is -2.11. The Labute approximate surface area is 200 Å². The van der Waals surface area contributed by atoms with Gasteiger partial charge in [-0.15, -0.1) is 10.2 Å². The normalized spacial score (nSPS) is 10.6. The van der Waals surface area contributed by atoms with Gasteiger partial charge in [0.25, 0.3) is 5.91 Å². The third kappa shape index (κ3) is 5.60. The van der Waals surface area contributed by atoms with Crippen molar-refractivity contribution in [3.8, 4) is 17.1 Å². The van der Waals surface area contributed by atoms with E-state index in [1.807, 2.05) is 66.1 Å². The molecule has 0 fully saturated rings. The van der Waals surface area contributed by atoms with E-state index in [1.165, 1.54) is 11.8 Å². The van der Waals surface area contributed by atoms with Crippen molar-refractivity contribution < 1.29 is 9.59 Å². The molecule has 0 aliphatic carbocycles. The second-order valence-corrected chi connectivity index (χ2v) is 8.52.